The molecule has 0 amide bonds. The van der Waals surface area contributed by atoms with Crippen molar-refractivity contribution >= 4 is 0 Å². The van der Waals surface area contributed by atoms with Crippen molar-refractivity contribution in [1.82, 2.24) is 5.43 Å². The average Bonchev–Trinajstić information content (AvgIpc) is 2.83. The van der Waals surface area contributed by atoms with Gasteiger partial charge in [0.1, 0.15) is 0 Å². The molecule has 106 valence electrons. The van der Waals surface area contributed by atoms with Crippen LogP contribution < -0.4 is 11.3 Å². The third kappa shape index (κ3) is 2.87. The third-order valence-electron chi connectivity index (χ3n) is 4.85. The highest BCUT2D eigenvalue weighted by molar-refractivity contribution is 4.95. The van der Waals surface area contributed by atoms with E-state index in [-0.39, 0.29) is 17.7 Å². The molecule has 0 aromatic rings. The summed E-state index contributed by atoms with van der Waals surface area (Å²) >= 11 is 0. The van der Waals surface area contributed by atoms with E-state index in [1.54, 1.807) is 7.11 Å². The molecule has 3 atom stereocenters. The Morgan fingerprint density at radius 2 is 2.17 bits per heavy atom. The first-order valence-electron chi connectivity index (χ1n) is 7.37. The molecule has 0 aromatic carbocycles. The molecule has 4 heteroatoms. The van der Waals surface area contributed by atoms with Crippen molar-refractivity contribution in [2.45, 2.75) is 69.6 Å². The average molecular weight is 256 g/mol. The third-order valence-corrected chi connectivity index (χ3v) is 4.85. The van der Waals surface area contributed by atoms with Crippen molar-refractivity contribution in [1.29, 1.82) is 0 Å². The van der Waals surface area contributed by atoms with Gasteiger partial charge in [0, 0.05) is 13.7 Å². The smallest absolute Gasteiger partial charge is 0.0737 e. The first-order chi connectivity index (χ1) is 8.74. The summed E-state index contributed by atoms with van der Waals surface area (Å²) in [5, 5.41) is 0. The number of ether oxygens (including phenoxy) is 2. The summed E-state index contributed by atoms with van der Waals surface area (Å²) < 4.78 is 11.7. The largest absolute Gasteiger partial charge is 0.380 e. The van der Waals surface area contributed by atoms with Gasteiger partial charge in [-0.15, -0.1) is 0 Å². The molecule has 0 radical (unpaired) electrons. The van der Waals surface area contributed by atoms with Crippen LogP contribution in [0.5, 0.6) is 0 Å². The van der Waals surface area contributed by atoms with Crippen LogP contribution in [0.25, 0.3) is 0 Å². The Bertz CT molecular complexity index is 250. The zero-order chi connectivity index (χ0) is 13.0. The summed E-state index contributed by atoms with van der Waals surface area (Å²) in [6.45, 7) is 3.03. The molecule has 2 fully saturated rings. The summed E-state index contributed by atoms with van der Waals surface area (Å²) in [4.78, 5) is 0. The first kappa shape index (κ1) is 14.3. The van der Waals surface area contributed by atoms with Crippen molar-refractivity contribution < 1.29 is 9.47 Å². The van der Waals surface area contributed by atoms with E-state index in [9.17, 15) is 0 Å². The molecule has 3 N–H and O–H groups in total. The van der Waals surface area contributed by atoms with E-state index in [1.165, 1.54) is 25.7 Å². The number of methoxy groups -OCH3 is 1. The minimum Gasteiger partial charge on any atom is -0.380 e. The van der Waals surface area contributed by atoms with E-state index < -0.39 is 0 Å². The van der Waals surface area contributed by atoms with Gasteiger partial charge in [0.25, 0.3) is 0 Å². The molecule has 1 aliphatic heterocycles. The van der Waals surface area contributed by atoms with Gasteiger partial charge in [-0.2, -0.15) is 0 Å². The van der Waals surface area contributed by atoms with E-state index in [0.29, 0.717) is 5.92 Å². The number of rotatable bonds is 5. The Morgan fingerprint density at radius 3 is 2.72 bits per heavy atom. The minimum absolute atomic E-state index is 0.157. The standard InChI is InChI=1S/C14H28N2O2/c1-3-12(17-2)13(16-15)11-6-9-18-14(10-11)7-4-5-8-14/h11-13,16H,3-10,15H2,1-2H3. The van der Waals surface area contributed by atoms with Crippen molar-refractivity contribution in [3.05, 3.63) is 0 Å². The second-order valence-corrected chi connectivity index (χ2v) is 5.87. The van der Waals surface area contributed by atoms with E-state index in [1.807, 2.05) is 0 Å². The molecule has 3 unspecified atom stereocenters. The minimum atomic E-state index is 0.157. The van der Waals surface area contributed by atoms with Crippen LogP contribution in [0.2, 0.25) is 0 Å². The summed E-state index contributed by atoms with van der Waals surface area (Å²) in [6.07, 6.45) is 8.52. The fourth-order valence-corrected chi connectivity index (χ4v) is 3.85. The zero-order valence-corrected chi connectivity index (χ0v) is 11.8. The molecule has 18 heavy (non-hydrogen) atoms. The predicted molar refractivity (Wildman–Crippen MR) is 72.1 cm³/mol. The Labute approximate surface area is 111 Å². The fraction of sp³-hybridized carbons (Fsp3) is 1.00. The van der Waals surface area contributed by atoms with Crippen LogP contribution in [0.4, 0.5) is 0 Å². The fourth-order valence-electron chi connectivity index (χ4n) is 3.85. The zero-order valence-electron chi connectivity index (χ0n) is 11.8. The van der Waals surface area contributed by atoms with Gasteiger partial charge in [-0.25, -0.2) is 0 Å². The van der Waals surface area contributed by atoms with E-state index in [2.05, 4.69) is 12.3 Å². The number of hydrogen-bond acceptors (Lipinski definition) is 4. The lowest BCUT2D eigenvalue weighted by Crippen LogP contribution is -2.53. The highest BCUT2D eigenvalue weighted by Gasteiger charge is 2.43. The van der Waals surface area contributed by atoms with Crippen molar-refractivity contribution in [2.75, 3.05) is 13.7 Å². The predicted octanol–water partition coefficient (Wildman–Crippen LogP) is 1.98. The summed E-state index contributed by atoms with van der Waals surface area (Å²) in [7, 11) is 1.78. The molecule has 2 aliphatic rings. The second-order valence-electron chi connectivity index (χ2n) is 5.87. The van der Waals surface area contributed by atoms with Gasteiger partial charge in [-0.3, -0.25) is 11.3 Å². The lowest BCUT2D eigenvalue weighted by molar-refractivity contribution is -0.107. The number of nitrogens with one attached hydrogen (secondary N) is 1. The molecule has 0 bridgehead atoms. The highest BCUT2D eigenvalue weighted by Crippen LogP contribution is 2.43. The monoisotopic (exact) mass is 256 g/mol. The molecular formula is C14H28N2O2. The second kappa shape index (κ2) is 6.33. The molecule has 2 rings (SSSR count). The van der Waals surface area contributed by atoms with Gasteiger partial charge < -0.3 is 9.47 Å². The maximum absolute atomic E-state index is 6.09. The Hall–Kier alpha value is -0.160. The quantitative estimate of drug-likeness (QED) is 0.583. The van der Waals surface area contributed by atoms with Gasteiger partial charge in [0.15, 0.2) is 0 Å². The summed E-state index contributed by atoms with van der Waals surface area (Å²) in [5.41, 5.74) is 3.16. The molecule has 4 nitrogen and oxygen atoms in total. The molecule has 1 aliphatic carbocycles. The molecule has 1 saturated carbocycles. The van der Waals surface area contributed by atoms with Crippen LogP contribution in [0, 0.1) is 5.92 Å². The SMILES string of the molecule is CCC(OC)C(NN)C1CCOC2(CCCC2)C1. The van der Waals surface area contributed by atoms with Gasteiger partial charge >= 0.3 is 0 Å². The molecular weight excluding hydrogens is 228 g/mol. The van der Waals surface area contributed by atoms with Crippen LogP contribution in [0.1, 0.15) is 51.9 Å². The first-order valence-corrected chi connectivity index (χ1v) is 7.37. The molecule has 1 saturated heterocycles. The van der Waals surface area contributed by atoms with Crippen molar-refractivity contribution in [2.24, 2.45) is 11.8 Å². The van der Waals surface area contributed by atoms with Crippen LogP contribution in [0.15, 0.2) is 0 Å². The topological polar surface area (TPSA) is 56.5 Å². The molecule has 1 heterocycles. The normalized spacial score (nSPS) is 30.5. The van der Waals surface area contributed by atoms with Gasteiger partial charge in [0.2, 0.25) is 0 Å². The van der Waals surface area contributed by atoms with Gasteiger partial charge in [0.05, 0.1) is 17.7 Å². The summed E-state index contributed by atoms with van der Waals surface area (Å²) in [6, 6.07) is 0.251. The molecule has 0 aromatic heterocycles. The maximum atomic E-state index is 6.09. The van der Waals surface area contributed by atoms with Crippen molar-refractivity contribution in [3.63, 3.8) is 0 Å². The van der Waals surface area contributed by atoms with Crippen LogP contribution >= 0.6 is 0 Å². The Kier molecular flexibility index (Phi) is 5.01. The van der Waals surface area contributed by atoms with Gasteiger partial charge in [-0.05, 0) is 38.0 Å². The maximum Gasteiger partial charge on any atom is 0.0737 e. The van der Waals surface area contributed by atoms with Crippen molar-refractivity contribution in [3.8, 4) is 0 Å². The van der Waals surface area contributed by atoms with E-state index in [0.717, 1.165) is 25.9 Å². The van der Waals surface area contributed by atoms with Crippen LogP contribution in [-0.2, 0) is 9.47 Å². The van der Waals surface area contributed by atoms with Crippen LogP contribution in [-0.4, -0.2) is 31.5 Å². The number of nitrogens with two attached hydrogens (primary N) is 1. The Balaban J connectivity index is 2.01. The summed E-state index contributed by atoms with van der Waals surface area (Å²) in [5.74, 6) is 6.35. The van der Waals surface area contributed by atoms with Gasteiger partial charge in [-0.1, -0.05) is 19.8 Å². The van der Waals surface area contributed by atoms with E-state index in [4.69, 9.17) is 15.3 Å². The lowest BCUT2D eigenvalue weighted by Gasteiger charge is -2.42. The van der Waals surface area contributed by atoms with E-state index >= 15 is 0 Å². The number of hydrazine groups is 1. The number of hydrogen-bond donors (Lipinski definition) is 2. The van der Waals surface area contributed by atoms with Crippen LogP contribution in [0.3, 0.4) is 0 Å². The Morgan fingerprint density at radius 1 is 1.44 bits per heavy atom. The highest BCUT2D eigenvalue weighted by atomic mass is 16.5. The molecule has 1 spiro atoms. The lowest BCUT2D eigenvalue weighted by atomic mass is 9.79.